The SMILES string of the molecule is CCCC[C@H](N)c1ccc(Br)o1.Cl. The maximum atomic E-state index is 5.88. The fourth-order valence-electron chi connectivity index (χ4n) is 1.09. The van der Waals surface area contributed by atoms with Crippen molar-refractivity contribution >= 4 is 28.3 Å². The zero-order chi connectivity index (χ0) is 8.97. The van der Waals surface area contributed by atoms with Crippen molar-refractivity contribution in [3.63, 3.8) is 0 Å². The van der Waals surface area contributed by atoms with Crippen LogP contribution in [0.3, 0.4) is 0 Å². The number of halogens is 2. The third-order valence-corrected chi connectivity index (χ3v) is 2.25. The van der Waals surface area contributed by atoms with E-state index in [1.165, 1.54) is 6.42 Å². The van der Waals surface area contributed by atoms with Gasteiger partial charge >= 0.3 is 0 Å². The van der Waals surface area contributed by atoms with Crippen LogP contribution in [0.15, 0.2) is 21.2 Å². The molecule has 4 heteroatoms. The van der Waals surface area contributed by atoms with Gasteiger partial charge in [0.25, 0.3) is 0 Å². The molecule has 0 unspecified atom stereocenters. The van der Waals surface area contributed by atoms with E-state index in [-0.39, 0.29) is 18.4 Å². The summed E-state index contributed by atoms with van der Waals surface area (Å²) in [7, 11) is 0. The normalized spacial score (nSPS) is 12.2. The molecule has 0 bridgehead atoms. The summed E-state index contributed by atoms with van der Waals surface area (Å²) in [6, 6.07) is 3.85. The monoisotopic (exact) mass is 267 g/mol. The lowest BCUT2D eigenvalue weighted by atomic mass is 10.1. The smallest absolute Gasteiger partial charge is 0.169 e. The van der Waals surface area contributed by atoms with Gasteiger partial charge in [-0.3, -0.25) is 0 Å². The molecule has 1 rings (SSSR count). The van der Waals surface area contributed by atoms with Gasteiger partial charge in [-0.15, -0.1) is 12.4 Å². The molecular formula is C9H15BrClNO. The first-order chi connectivity index (χ1) is 5.74. The molecule has 1 aromatic rings. The number of unbranched alkanes of at least 4 members (excludes halogenated alkanes) is 1. The van der Waals surface area contributed by atoms with E-state index in [1.54, 1.807) is 0 Å². The summed E-state index contributed by atoms with van der Waals surface area (Å²) < 4.78 is 6.09. The van der Waals surface area contributed by atoms with Crippen molar-refractivity contribution in [1.29, 1.82) is 0 Å². The number of hydrogen-bond acceptors (Lipinski definition) is 2. The molecule has 0 aliphatic rings. The third-order valence-electron chi connectivity index (χ3n) is 1.83. The summed E-state index contributed by atoms with van der Waals surface area (Å²) in [5.41, 5.74) is 5.88. The van der Waals surface area contributed by atoms with Gasteiger partial charge in [-0.1, -0.05) is 19.8 Å². The molecule has 76 valence electrons. The van der Waals surface area contributed by atoms with Gasteiger partial charge in [0.2, 0.25) is 0 Å². The third kappa shape index (κ3) is 4.16. The Balaban J connectivity index is 0.00000144. The van der Waals surface area contributed by atoms with E-state index < -0.39 is 0 Å². The van der Waals surface area contributed by atoms with Crippen molar-refractivity contribution in [3.8, 4) is 0 Å². The fraction of sp³-hybridized carbons (Fsp3) is 0.556. The fourth-order valence-corrected chi connectivity index (χ4v) is 1.41. The lowest BCUT2D eigenvalue weighted by Crippen LogP contribution is -2.08. The molecule has 13 heavy (non-hydrogen) atoms. The van der Waals surface area contributed by atoms with Gasteiger partial charge in [-0.2, -0.15) is 0 Å². The van der Waals surface area contributed by atoms with Crippen molar-refractivity contribution in [1.82, 2.24) is 0 Å². The molecule has 0 saturated heterocycles. The van der Waals surface area contributed by atoms with Crippen molar-refractivity contribution in [2.75, 3.05) is 0 Å². The van der Waals surface area contributed by atoms with Crippen molar-refractivity contribution < 1.29 is 4.42 Å². The van der Waals surface area contributed by atoms with Crippen LogP contribution in [0.2, 0.25) is 0 Å². The van der Waals surface area contributed by atoms with Gasteiger partial charge in [-0.05, 0) is 34.5 Å². The van der Waals surface area contributed by atoms with Crippen LogP contribution >= 0.6 is 28.3 Å². The maximum absolute atomic E-state index is 5.88. The first-order valence-electron chi connectivity index (χ1n) is 4.25. The van der Waals surface area contributed by atoms with Crippen molar-refractivity contribution in [2.24, 2.45) is 5.73 Å². The lowest BCUT2D eigenvalue weighted by Gasteiger charge is -2.06. The van der Waals surface area contributed by atoms with Gasteiger partial charge in [0, 0.05) is 0 Å². The van der Waals surface area contributed by atoms with E-state index in [2.05, 4.69) is 22.9 Å². The summed E-state index contributed by atoms with van der Waals surface area (Å²) in [6.45, 7) is 2.16. The molecular weight excluding hydrogens is 253 g/mol. The molecule has 2 nitrogen and oxygen atoms in total. The molecule has 0 radical (unpaired) electrons. The molecule has 0 fully saturated rings. The lowest BCUT2D eigenvalue weighted by molar-refractivity contribution is 0.431. The summed E-state index contributed by atoms with van der Waals surface area (Å²) in [5, 5.41) is 0. The average Bonchev–Trinajstić information content (AvgIpc) is 2.47. The second-order valence-electron chi connectivity index (χ2n) is 2.89. The van der Waals surface area contributed by atoms with E-state index in [1.807, 2.05) is 12.1 Å². The molecule has 0 spiro atoms. The van der Waals surface area contributed by atoms with Crippen LogP contribution in [0.5, 0.6) is 0 Å². The van der Waals surface area contributed by atoms with Gasteiger partial charge in [0.05, 0.1) is 6.04 Å². The van der Waals surface area contributed by atoms with Crippen LogP contribution in [-0.4, -0.2) is 0 Å². The Bertz CT molecular complexity index is 239. The molecule has 0 aliphatic heterocycles. The Kier molecular flexibility index (Phi) is 6.47. The largest absolute Gasteiger partial charge is 0.453 e. The van der Waals surface area contributed by atoms with Gasteiger partial charge in [-0.25, -0.2) is 0 Å². The van der Waals surface area contributed by atoms with Crippen LogP contribution in [0.25, 0.3) is 0 Å². The molecule has 1 heterocycles. The summed E-state index contributed by atoms with van der Waals surface area (Å²) >= 11 is 3.25. The van der Waals surface area contributed by atoms with Crippen molar-refractivity contribution in [3.05, 3.63) is 22.6 Å². The quantitative estimate of drug-likeness (QED) is 0.905. The Morgan fingerprint density at radius 3 is 2.69 bits per heavy atom. The van der Waals surface area contributed by atoms with Crippen molar-refractivity contribution in [2.45, 2.75) is 32.2 Å². The van der Waals surface area contributed by atoms with E-state index in [4.69, 9.17) is 10.2 Å². The van der Waals surface area contributed by atoms with E-state index >= 15 is 0 Å². The second-order valence-corrected chi connectivity index (χ2v) is 3.67. The van der Waals surface area contributed by atoms with Crippen LogP contribution in [0, 0.1) is 0 Å². The van der Waals surface area contributed by atoms with Gasteiger partial charge in [0.15, 0.2) is 4.67 Å². The first kappa shape index (κ1) is 13.0. The summed E-state index contributed by atoms with van der Waals surface area (Å²) in [5.74, 6) is 0.871. The Morgan fingerprint density at radius 1 is 1.54 bits per heavy atom. The average molecular weight is 269 g/mol. The van der Waals surface area contributed by atoms with E-state index in [0.717, 1.165) is 23.3 Å². The zero-order valence-corrected chi connectivity index (χ0v) is 10.0. The predicted octanol–water partition coefficient (Wildman–Crippen LogP) is 3.65. The highest BCUT2D eigenvalue weighted by molar-refractivity contribution is 9.10. The molecule has 2 N–H and O–H groups in total. The second kappa shape index (κ2) is 6.46. The number of hydrogen-bond donors (Lipinski definition) is 1. The summed E-state index contributed by atoms with van der Waals surface area (Å²) in [4.78, 5) is 0. The first-order valence-corrected chi connectivity index (χ1v) is 5.04. The molecule has 0 amide bonds. The van der Waals surface area contributed by atoms with Crippen LogP contribution in [0.1, 0.15) is 38.0 Å². The highest BCUT2D eigenvalue weighted by Crippen LogP contribution is 2.22. The molecule has 1 aromatic heterocycles. The minimum absolute atomic E-state index is 0. The zero-order valence-electron chi connectivity index (χ0n) is 7.63. The van der Waals surface area contributed by atoms with Crippen LogP contribution in [-0.2, 0) is 0 Å². The minimum Gasteiger partial charge on any atom is -0.453 e. The number of furan rings is 1. The number of nitrogens with two attached hydrogens (primary N) is 1. The standard InChI is InChI=1S/C9H14BrNO.ClH/c1-2-3-4-7(11)8-5-6-9(10)12-8;/h5-7H,2-4,11H2,1H3;1H/t7-;/m0./s1. The highest BCUT2D eigenvalue weighted by atomic mass is 79.9. The maximum Gasteiger partial charge on any atom is 0.169 e. The highest BCUT2D eigenvalue weighted by Gasteiger charge is 2.08. The van der Waals surface area contributed by atoms with E-state index in [9.17, 15) is 0 Å². The molecule has 0 saturated carbocycles. The minimum atomic E-state index is 0. The van der Waals surface area contributed by atoms with Gasteiger partial charge in [0.1, 0.15) is 5.76 Å². The summed E-state index contributed by atoms with van der Waals surface area (Å²) in [6.07, 6.45) is 3.32. The van der Waals surface area contributed by atoms with Crippen LogP contribution < -0.4 is 5.73 Å². The molecule has 1 atom stereocenters. The Hall–Kier alpha value is 0.01000. The Labute approximate surface area is 93.4 Å². The van der Waals surface area contributed by atoms with Gasteiger partial charge < -0.3 is 10.2 Å². The van der Waals surface area contributed by atoms with Crippen LogP contribution in [0.4, 0.5) is 0 Å². The topological polar surface area (TPSA) is 39.2 Å². The Morgan fingerprint density at radius 2 is 2.23 bits per heavy atom. The predicted molar refractivity (Wildman–Crippen MR) is 60.1 cm³/mol. The molecule has 0 aromatic carbocycles. The molecule has 0 aliphatic carbocycles. The number of rotatable bonds is 4. The van der Waals surface area contributed by atoms with E-state index in [0.29, 0.717) is 0 Å².